The Morgan fingerprint density at radius 3 is 2.47 bits per heavy atom. The van der Waals surface area contributed by atoms with Crippen LogP contribution in [0.2, 0.25) is 0 Å². The predicted octanol–water partition coefficient (Wildman–Crippen LogP) is 1.70. The maximum absolute atomic E-state index is 11.0. The van der Waals surface area contributed by atoms with Gasteiger partial charge in [0.25, 0.3) is 0 Å². The van der Waals surface area contributed by atoms with Crippen LogP contribution >= 0.6 is 0 Å². The second kappa shape index (κ2) is 3.16. The van der Waals surface area contributed by atoms with E-state index in [0.29, 0.717) is 22.1 Å². The van der Waals surface area contributed by atoms with E-state index < -0.39 is 5.97 Å². The Bertz CT molecular complexity index is 550. The second-order valence-corrected chi connectivity index (χ2v) is 3.31. The van der Waals surface area contributed by atoms with Gasteiger partial charge in [0.05, 0.1) is 5.56 Å². The van der Waals surface area contributed by atoms with E-state index in [1.807, 2.05) is 0 Å². The molecule has 0 aliphatic carbocycles. The van der Waals surface area contributed by atoms with Crippen LogP contribution in [0, 0.1) is 0 Å². The van der Waals surface area contributed by atoms with E-state index in [9.17, 15) is 4.79 Å². The molecule has 0 unspecified atom stereocenters. The highest BCUT2D eigenvalue weighted by molar-refractivity contribution is 6.08. The van der Waals surface area contributed by atoms with Gasteiger partial charge in [-0.3, -0.25) is 0 Å². The van der Waals surface area contributed by atoms with Crippen molar-refractivity contribution in [2.45, 2.75) is 0 Å². The molecule has 2 rings (SSSR count). The van der Waals surface area contributed by atoms with Gasteiger partial charge in [0.2, 0.25) is 0 Å². The summed E-state index contributed by atoms with van der Waals surface area (Å²) in [6.07, 6.45) is 0. The summed E-state index contributed by atoms with van der Waals surface area (Å²) in [6, 6.07) is 8.12. The molecule has 4 heteroatoms. The molecule has 0 fully saturated rings. The number of carboxylic acids is 1. The molecule has 4 nitrogen and oxygen atoms in total. The lowest BCUT2D eigenvalue weighted by atomic mass is 10.0. The Kier molecular flexibility index (Phi) is 1.97. The monoisotopic (exact) mass is 202 g/mol. The molecule has 0 aliphatic heterocycles. The van der Waals surface area contributed by atoms with Gasteiger partial charge in [-0.25, -0.2) is 4.79 Å². The van der Waals surface area contributed by atoms with Gasteiger partial charge in [-0.15, -0.1) is 0 Å². The number of nitrogens with two attached hydrogens (primary N) is 2. The maximum Gasteiger partial charge on any atom is 0.336 e. The first kappa shape index (κ1) is 9.33. The Morgan fingerprint density at radius 2 is 1.80 bits per heavy atom. The largest absolute Gasteiger partial charge is 0.478 e. The third-order valence-electron chi connectivity index (χ3n) is 2.30. The highest BCUT2D eigenvalue weighted by atomic mass is 16.4. The third kappa shape index (κ3) is 1.46. The van der Waals surface area contributed by atoms with Crippen LogP contribution < -0.4 is 11.5 Å². The van der Waals surface area contributed by atoms with Crippen LogP contribution in [0.4, 0.5) is 11.4 Å². The van der Waals surface area contributed by atoms with E-state index >= 15 is 0 Å². The zero-order valence-corrected chi connectivity index (χ0v) is 7.90. The average Bonchev–Trinajstić information content (AvgIpc) is 2.17. The van der Waals surface area contributed by atoms with Gasteiger partial charge in [0.1, 0.15) is 0 Å². The molecule has 0 radical (unpaired) electrons. The molecule has 2 aromatic rings. The van der Waals surface area contributed by atoms with Gasteiger partial charge < -0.3 is 16.6 Å². The SMILES string of the molecule is Nc1ccc2c(N)ccc(C(=O)O)c2c1. The van der Waals surface area contributed by atoms with E-state index in [1.54, 1.807) is 24.3 Å². The number of benzene rings is 2. The van der Waals surface area contributed by atoms with Gasteiger partial charge in [-0.1, -0.05) is 6.07 Å². The molecule has 0 bridgehead atoms. The second-order valence-electron chi connectivity index (χ2n) is 3.31. The highest BCUT2D eigenvalue weighted by Crippen LogP contribution is 2.26. The van der Waals surface area contributed by atoms with E-state index in [-0.39, 0.29) is 5.56 Å². The van der Waals surface area contributed by atoms with Gasteiger partial charge in [0, 0.05) is 22.1 Å². The molecule has 15 heavy (non-hydrogen) atoms. The van der Waals surface area contributed by atoms with Crippen molar-refractivity contribution in [1.29, 1.82) is 0 Å². The summed E-state index contributed by atoms with van der Waals surface area (Å²) >= 11 is 0. The van der Waals surface area contributed by atoms with Crippen molar-refractivity contribution in [2.75, 3.05) is 11.5 Å². The fourth-order valence-electron chi connectivity index (χ4n) is 1.58. The summed E-state index contributed by atoms with van der Waals surface area (Å²) in [5.41, 5.74) is 12.6. The Balaban J connectivity index is 2.90. The summed E-state index contributed by atoms with van der Waals surface area (Å²) in [5, 5.41) is 10.3. The quantitative estimate of drug-likeness (QED) is 0.614. The molecule has 0 aromatic heterocycles. The summed E-state index contributed by atoms with van der Waals surface area (Å²) in [4.78, 5) is 11.0. The van der Waals surface area contributed by atoms with Crippen molar-refractivity contribution in [2.24, 2.45) is 0 Å². The minimum absolute atomic E-state index is 0.214. The average molecular weight is 202 g/mol. The first-order chi connectivity index (χ1) is 7.09. The molecular formula is C11H10N2O2. The number of carbonyl (C=O) groups is 1. The van der Waals surface area contributed by atoms with Crippen LogP contribution in [0.1, 0.15) is 10.4 Å². The van der Waals surface area contributed by atoms with Crippen molar-refractivity contribution in [3.63, 3.8) is 0 Å². The van der Waals surface area contributed by atoms with E-state index in [1.165, 1.54) is 6.07 Å². The minimum atomic E-state index is -0.981. The van der Waals surface area contributed by atoms with Crippen molar-refractivity contribution < 1.29 is 9.90 Å². The lowest BCUT2D eigenvalue weighted by Gasteiger charge is -2.06. The summed E-state index contributed by atoms with van der Waals surface area (Å²) in [7, 11) is 0. The number of carboxylic acid groups (broad SMARTS) is 1. The van der Waals surface area contributed by atoms with Crippen molar-refractivity contribution in [1.82, 2.24) is 0 Å². The summed E-state index contributed by atoms with van der Waals surface area (Å²) in [6.45, 7) is 0. The number of hydrogen-bond donors (Lipinski definition) is 3. The van der Waals surface area contributed by atoms with Gasteiger partial charge in [-0.2, -0.15) is 0 Å². The fourth-order valence-corrected chi connectivity index (χ4v) is 1.58. The number of nitrogen functional groups attached to an aromatic ring is 2. The van der Waals surface area contributed by atoms with Crippen LogP contribution in [-0.2, 0) is 0 Å². The van der Waals surface area contributed by atoms with E-state index in [4.69, 9.17) is 16.6 Å². The first-order valence-corrected chi connectivity index (χ1v) is 4.40. The molecule has 5 N–H and O–H groups in total. The Morgan fingerprint density at radius 1 is 1.07 bits per heavy atom. The first-order valence-electron chi connectivity index (χ1n) is 4.40. The molecule has 0 saturated heterocycles. The Hall–Kier alpha value is -2.23. The zero-order valence-electron chi connectivity index (χ0n) is 7.90. The van der Waals surface area contributed by atoms with Crippen LogP contribution in [-0.4, -0.2) is 11.1 Å². The van der Waals surface area contributed by atoms with Crippen molar-refractivity contribution >= 4 is 28.1 Å². The van der Waals surface area contributed by atoms with E-state index in [0.717, 1.165) is 0 Å². The normalized spacial score (nSPS) is 10.4. The molecule has 0 atom stereocenters. The Labute approximate surface area is 86.1 Å². The predicted molar refractivity (Wildman–Crippen MR) is 59.7 cm³/mol. The van der Waals surface area contributed by atoms with Crippen LogP contribution in [0.25, 0.3) is 10.8 Å². The fraction of sp³-hybridized carbons (Fsp3) is 0. The van der Waals surface area contributed by atoms with Crippen LogP contribution in [0.5, 0.6) is 0 Å². The highest BCUT2D eigenvalue weighted by Gasteiger charge is 2.09. The number of aromatic carboxylic acids is 1. The van der Waals surface area contributed by atoms with Gasteiger partial charge in [0.15, 0.2) is 0 Å². The van der Waals surface area contributed by atoms with Crippen molar-refractivity contribution in [3.05, 3.63) is 35.9 Å². The molecule has 0 spiro atoms. The number of rotatable bonds is 1. The van der Waals surface area contributed by atoms with E-state index in [2.05, 4.69) is 0 Å². The number of hydrogen-bond acceptors (Lipinski definition) is 3. The molecular weight excluding hydrogens is 192 g/mol. The minimum Gasteiger partial charge on any atom is -0.478 e. The van der Waals surface area contributed by atoms with Gasteiger partial charge in [-0.05, 0) is 24.3 Å². The van der Waals surface area contributed by atoms with Crippen molar-refractivity contribution in [3.8, 4) is 0 Å². The molecule has 0 amide bonds. The number of anilines is 2. The van der Waals surface area contributed by atoms with Crippen LogP contribution in [0.15, 0.2) is 30.3 Å². The smallest absolute Gasteiger partial charge is 0.336 e. The molecule has 0 heterocycles. The number of fused-ring (bicyclic) bond motifs is 1. The summed E-state index contributed by atoms with van der Waals surface area (Å²) in [5.74, 6) is -0.981. The van der Waals surface area contributed by atoms with Crippen LogP contribution in [0.3, 0.4) is 0 Å². The molecule has 2 aromatic carbocycles. The zero-order chi connectivity index (χ0) is 11.0. The molecule has 76 valence electrons. The maximum atomic E-state index is 11.0. The van der Waals surface area contributed by atoms with Gasteiger partial charge >= 0.3 is 5.97 Å². The summed E-state index contributed by atoms with van der Waals surface area (Å²) < 4.78 is 0. The lowest BCUT2D eigenvalue weighted by Crippen LogP contribution is -1.99. The third-order valence-corrected chi connectivity index (χ3v) is 2.30. The lowest BCUT2D eigenvalue weighted by molar-refractivity contribution is 0.0699. The molecule has 0 saturated carbocycles. The molecule has 0 aliphatic rings. The standard InChI is InChI=1S/C11H10N2O2/c12-6-1-2-7-9(5-6)8(11(14)15)3-4-10(7)13/h1-5H,12-13H2,(H,14,15). The topological polar surface area (TPSA) is 89.3 Å².